The molecular formula is C16H26BrNSi. The quantitative estimate of drug-likeness (QED) is 0.495. The molecule has 0 saturated heterocycles. The van der Waals surface area contributed by atoms with Crippen molar-refractivity contribution in [3.63, 3.8) is 0 Å². The Morgan fingerprint density at radius 3 is 1.95 bits per heavy atom. The second-order valence-electron chi connectivity index (χ2n) is 6.66. The highest BCUT2D eigenvalue weighted by Gasteiger charge is 2.31. The molecule has 19 heavy (non-hydrogen) atoms. The van der Waals surface area contributed by atoms with Crippen molar-refractivity contribution in [2.24, 2.45) is 0 Å². The number of hydrogen-bond donors (Lipinski definition) is 0. The fraction of sp³-hybridized carbons (Fsp3) is 0.625. The lowest BCUT2D eigenvalue weighted by Crippen LogP contribution is -2.52. The molecule has 1 aliphatic carbocycles. The summed E-state index contributed by atoms with van der Waals surface area (Å²) in [5.41, 5.74) is 1.43. The normalized spacial score (nSPS) is 18.1. The van der Waals surface area contributed by atoms with Gasteiger partial charge in [0.25, 0.3) is 0 Å². The van der Waals surface area contributed by atoms with Crippen molar-refractivity contribution in [2.75, 3.05) is 4.57 Å². The molecule has 1 saturated carbocycles. The number of anilines is 1. The van der Waals surface area contributed by atoms with Gasteiger partial charge >= 0.3 is 0 Å². The minimum atomic E-state index is -1.34. The van der Waals surface area contributed by atoms with Crippen LogP contribution < -0.4 is 4.57 Å². The zero-order valence-electron chi connectivity index (χ0n) is 12.5. The van der Waals surface area contributed by atoms with Gasteiger partial charge in [-0.2, -0.15) is 0 Å². The summed E-state index contributed by atoms with van der Waals surface area (Å²) < 4.78 is 3.96. The number of hydrogen-bond acceptors (Lipinski definition) is 1. The van der Waals surface area contributed by atoms with Crippen LogP contribution in [0, 0.1) is 0 Å². The van der Waals surface area contributed by atoms with Crippen LogP contribution in [0.4, 0.5) is 5.69 Å². The third kappa shape index (κ3) is 4.09. The van der Waals surface area contributed by atoms with Crippen LogP contribution in [0.15, 0.2) is 28.7 Å². The molecular weight excluding hydrogens is 314 g/mol. The van der Waals surface area contributed by atoms with E-state index in [0.717, 1.165) is 6.04 Å². The average Bonchev–Trinajstić information content (AvgIpc) is 2.59. The van der Waals surface area contributed by atoms with Gasteiger partial charge in [-0.1, -0.05) is 61.3 Å². The minimum Gasteiger partial charge on any atom is -0.395 e. The first-order valence-corrected chi connectivity index (χ1v) is 11.8. The van der Waals surface area contributed by atoms with Gasteiger partial charge in [-0.15, -0.1) is 0 Å². The van der Waals surface area contributed by atoms with Gasteiger partial charge in [0.05, 0.1) is 0 Å². The Morgan fingerprint density at radius 1 is 0.947 bits per heavy atom. The Balaban J connectivity index is 2.27. The number of benzene rings is 1. The standard InChI is InChI=1S/C16H26BrNSi/c1-19(2,3)18(15-8-6-4-5-7-9-15)16-12-10-14(17)11-13-16/h10-13,15H,4-9H2,1-3H3. The van der Waals surface area contributed by atoms with Gasteiger partial charge in [0.2, 0.25) is 0 Å². The van der Waals surface area contributed by atoms with E-state index in [1.807, 2.05) is 0 Å². The number of rotatable bonds is 3. The molecule has 0 aliphatic heterocycles. The van der Waals surface area contributed by atoms with Crippen LogP contribution in [0.25, 0.3) is 0 Å². The van der Waals surface area contributed by atoms with E-state index in [9.17, 15) is 0 Å². The van der Waals surface area contributed by atoms with Crippen LogP contribution in [0.3, 0.4) is 0 Å². The first-order valence-electron chi connectivity index (χ1n) is 7.53. The van der Waals surface area contributed by atoms with E-state index in [1.54, 1.807) is 0 Å². The molecule has 3 heteroatoms. The molecule has 1 aromatic rings. The summed E-state index contributed by atoms with van der Waals surface area (Å²) in [4.78, 5) is 0. The zero-order chi connectivity index (χ0) is 13.9. The SMILES string of the molecule is C[Si](C)(C)N(c1ccc(Br)cc1)C1CCCCCC1. The Kier molecular flexibility index (Phi) is 5.13. The van der Waals surface area contributed by atoms with Crippen molar-refractivity contribution in [2.45, 2.75) is 64.2 Å². The summed E-state index contributed by atoms with van der Waals surface area (Å²) >= 11 is 3.55. The Morgan fingerprint density at radius 2 is 1.47 bits per heavy atom. The molecule has 0 spiro atoms. The molecule has 2 rings (SSSR count). The van der Waals surface area contributed by atoms with Crippen molar-refractivity contribution in [3.8, 4) is 0 Å². The molecule has 0 bridgehead atoms. The largest absolute Gasteiger partial charge is 0.395 e. The van der Waals surface area contributed by atoms with E-state index in [-0.39, 0.29) is 0 Å². The van der Waals surface area contributed by atoms with E-state index in [2.05, 4.69) is 64.4 Å². The van der Waals surface area contributed by atoms with Crippen molar-refractivity contribution >= 4 is 29.9 Å². The highest BCUT2D eigenvalue weighted by molar-refractivity contribution is 9.10. The number of halogens is 1. The second-order valence-corrected chi connectivity index (χ2v) is 12.4. The fourth-order valence-corrected chi connectivity index (χ4v) is 5.81. The highest BCUT2D eigenvalue weighted by Crippen LogP contribution is 2.31. The van der Waals surface area contributed by atoms with E-state index in [0.29, 0.717) is 0 Å². The van der Waals surface area contributed by atoms with Gasteiger partial charge in [-0.05, 0) is 37.1 Å². The van der Waals surface area contributed by atoms with Crippen LogP contribution in [0.5, 0.6) is 0 Å². The van der Waals surface area contributed by atoms with Crippen LogP contribution in [-0.2, 0) is 0 Å². The first-order chi connectivity index (χ1) is 8.98. The molecule has 0 heterocycles. The topological polar surface area (TPSA) is 3.24 Å². The summed E-state index contributed by atoms with van der Waals surface area (Å²) in [5, 5.41) is 0. The average molecular weight is 340 g/mol. The van der Waals surface area contributed by atoms with Gasteiger partial charge in [0.15, 0.2) is 0 Å². The van der Waals surface area contributed by atoms with Crippen molar-refractivity contribution in [1.29, 1.82) is 0 Å². The molecule has 0 aromatic heterocycles. The molecule has 0 N–H and O–H groups in total. The maximum Gasteiger partial charge on any atom is 0.147 e. The van der Waals surface area contributed by atoms with Gasteiger partial charge in [0, 0.05) is 16.2 Å². The maximum absolute atomic E-state index is 3.55. The summed E-state index contributed by atoms with van der Waals surface area (Å²) in [6.07, 6.45) is 8.41. The molecule has 0 amide bonds. The Bertz CT molecular complexity index is 388. The van der Waals surface area contributed by atoms with E-state index >= 15 is 0 Å². The van der Waals surface area contributed by atoms with Gasteiger partial charge < -0.3 is 4.57 Å². The molecule has 0 radical (unpaired) electrons. The van der Waals surface area contributed by atoms with Crippen LogP contribution in [-0.4, -0.2) is 14.3 Å². The molecule has 1 fully saturated rings. The summed E-state index contributed by atoms with van der Waals surface area (Å²) in [6, 6.07) is 9.69. The van der Waals surface area contributed by atoms with E-state index < -0.39 is 8.24 Å². The minimum absolute atomic E-state index is 0.760. The third-order valence-electron chi connectivity index (χ3n) is 4.02. The molecule has 1 aromatic carbocycles. The summed E-state index contributed by atoms with van der Waals surface area (Å²) in [7, 11) is -1.34. The third-order valence-corrected chi connectivity index (χ3v) is 6.61. The molecule has 1 aliphatic rings. The lowest BCUT2D eigenvalue weighted by molar-refractivity contribution is 0.578. The predicted molar refractivity (Wildman–Crippen MR) is 91.5 cm³/mol. The fourth-order valence-electron chi connectivity index (χ4n) is 3.26. The van der Waals surface area contributed by atoms with Crippen molar-refractivity contribution in [3.05, 3.63) is 28.7 Å². The van der Waals surface area contributed by atoms with Crippen LogP contribution in [0.1, 0.15) is 38.5 Å². The van der Waals surface area contributed by atoms with Crippen LogP contribution in [0.2, 0.25) is 19.6 Å². The van der Waals surface area contributed by atoms with E-state index in [4.69, 9.17) is 0 Å². The number of nitrogens with zero attached hydrogens (tertiary/aromatic N) is 1. The molecule has 0 atom stereocenters. The second kappa shape index (κ2) is 6.44. The summed E-state index contributed by atoms with van der Waals surface area (Å²) in [6.45, 7) is 7.42. The zero-order valence-corrected chi connectivity index (χ0v) is 15.0. The van der Waals surface area contributed by atoms with Gasteiger partial charge in [-0.25, -0.2) is 0 Å². The lowest BCUT2D eigenvalue weighted by atomic mass is 10.1. The van der Waals surface area contributed by atoms with E-state index in [1.165, 1.54) is 48.7 Å². The lowest BCUT2D eigenvalue weighted by Gasteiger charge is -2.43. The highest BCUT2D eigenvalue weighted by atomic mass is 79.9. The van der Waals surface area contributed by atoms with Crippen LogP contribution >= 0.6 is 15.9 Å². The van der Waals surface area contributed by atoms with Crippen molar-refractivity contribution in [1.82, 2.24) is 0 Å². The molecule has 0 unspecified atom stereocenters. The molecule has 106 valence electrons. The summed E-state index contributed by atoms with van der Waals surface area (Å²) in [5.74, 6) is 0. The maximum atomic E-state index is 3.55. The van der Waals surface area contributed by atoms with Gasteiger partial charge in [-0.3, -0.25) is 0 Å². The molecule has 1 nitrogen and oxygen atoms in total. The van der Waals surface area contributed by atoms with Gasteiger partial charge in [0.1, 0.15) is 8.24 Å². The first kappa shape index (κ1) is 15.1. The Labute approximate surface area is 127 Å². The Hall–Kier alpha value is -0.283. The smallest absolute Gasteiger partial charge is 0.147 e. The predicted octanol–water partition coefficient (Wildman–Crippen LogP) is 5.81. The van der Waals surface area contributed by atoms with Crippen molar-refractivity contribution < 1.29 is 0 Å². The monoisotopic (exact) mass is 339 g/mol.